The highest BCUT2D eigenvalue weighted by atomic mass is 32.1. The van der Waals surface area contributed by atoms with Crippen LogP contribution in [0.15, 0.2) is 0 Å². The minimum absolute atomic E-state index is 0.976. The topological polar surface area (TPSA) is 66.2 Å². The average Bonchev–Trinajstić information content (AvgIpc) is 1.58. The van der Waals surface area contributed by atoms with E-state index in [4.69, 9.17) is 15.3 Å². The summed E-state index contributed by atoms with van der Waals surface area (Å²) in [5, 5.41) is 14.8. The van der Waals surface area contributed by atoms with E-state index in [1.54, 1.807) is 0 Å². The summed E-state index contributed by atoms with van der Waals surface area (Å²) in [6.45, 7) is 1.14. The molecule has 0 aliphatic heterocycles. The van der Waals surface area contributed by atoms with Gasteiger partial charge in [0.25, 0.3) is 0 Å². The van der Waals surface area contributed by atoms with Gasteiger partial charge in [0.1, 0.15) is 0 Å². The van der Waals surface area contributed by atoms with Crippen molar-refractivity contribution in [3.63, 3.8) is 0 Å². The van der Waals surface area contributed by atoms with Crippen LogP contribution >= 0.6 is 12.6 Å². The van der Waals surface area contributed by atoms with Crippen LogP contribution in [-0.2, 0) is 0 Å². The molecule has 0 N–H and O–H groups in total. The molecule has 68 valence electrons. The van der Waals surface area contributed by atoms with Gasteiger partial charge in [-0.1, -0.05) is 0 Å². The SMILES string of the molecule is C[N+](C)(C)CCS.O=[N+]([O-])[O-]. The molecule has 0 aromatic heterocycles. The molecule has 0 aromatic rings. The second-order valence-corrected chi connectivity index (χ2v) is 3.41. The van der Waals surface area contributed by atoms with E-state index in [1.807, 2.05) is 0 Å². The third kappa shape index (κ3) is 43.5. The Morgan fingerprint density at radius 2 is 1.64 bits per heavy atom. The van der Waals surface area contributed by atoms with Crippen molar-refractivity contribution in [3.05, 3.63) is 15.3 Å². The molecule has 0 bridgehead atoms. The maximum Gasteiger partial charge on any atom is 0.0869 e. The highest BCUT2D eigenvalue weighted by Crippen LogP contribution is 1.88. The number of nitrogens with zero attached hydrogens (tertiary/aromatic N) is 2. The molecule has 0 fully saturated rings. The molecule has 0 unspecified atom stereocenters. The van der Waals surface area contributed by atoms with Gasteiger partial charge in [0, 0.05) is 5.75 Å². The van der Waals surface area contributed by atoms with Gasteiger partial charge in [-0.2, -0.15) is 12.6 Å². The molecule has 0 atom stereocenters. The van der Waals surface area contributed by atoms with E-state index in [-0.39, 0.29) is 0 Å². The highest BCUT2D eigenvalue weighted by Gasteiger charge is 2.01. The van der Waals surface area contributed by atoms with Gasteiger partial charge in [0.05, 0.1) is 32.8 Å². The Kier molecular flexibility index (Phi) is 7.44. The van der Waals surface area contributed by atoms with E-state index in [2.05, 4.69) is 33.8 Å². The summed E-state index contributed by atoms with van der Waals surface area (Å²) in [6.07, 6.45) is 0. The molecule has 5 nitrogen and oxygen atoms in total. The van der Waals surface area contributed by atoms with Crippen molar-refractivity contribution < 1.29 is 9.57 Å². The first-order chi connectivity index (χ1) is 4.79. The summed E-state index contributed by atoms with van der Waals surface area (Å²) < 4.78 is 1.02. The number of thiol groups is 1. The number of hydrogen-bond donors (Lipinski definition) is 1. The maximum atomic E-state index is 8.25. The Morgan fingerprint density at radius 1 is 1.36 bits per heavy atom. The van der Waals surface area contributed by atoms with Gasteiger partial charge < -0.3 is 19.8 Å². The van der Waals surface area contributed by atoms with Gasteiger partial charge in [-0.15, -0.1) is 0 Å². The van der Waals surface area contributed by atoms with Crippen molar-refractivity contribution in [3.8, 4) is 0 Å². The van der Waals surface area contributed by atoms with E-state index in [0.29, 0.717) is 0 Å². The first-order valence-corrected chi connectivity index (χ1v) is 3.65. The second kappa shape index (κ2) is 6.23. The van der Waals surface area contributed by atoms with Crippen molar-refractivity contribution >= 4 is 12.6 Å². The molecule has 6 heteroatoms. The summed E-state index contributed by atoms with van der Waals surface area (Å²) in [5.41, 5.74) is 0. The van der Waals surface area contributed by atoms with Gasteiger partial charge in [-0.25, -0.2) is 0 Å². The monoisotopic (exact) mass is 182 g/mol. The zero-order valence-electron chi connectivity index (χ0n) is 6.98. The number of rotatable bonds is 2. The molecule has 0 aliphatic rings. The predicted octanol–water partition coefficient (Wildman–Crippen LogP) is 0.383. The lowest BCUT2D eigenvalue weighted by atomic mass is 10.6. The molecular formula is C5H14N2O3S. The molecule has 0 amide bonds. The standard InChI is InChI=1S/C5H13NS.NO3/c1-6(2,3)4-5-7;2-1(3)4/h4-5H2,1-3H3;/q;-1/p+1. The van der Waals surface area contributed by atoms with Crippen molar-refractivity contribution in [2.45, 2.75) is 0 Å². The molecule has 0 spiro atoms. The Labute approximate surface area is 71.7 Å². The Bertz CT molecular complexity index is 109. The van der Waals surface area contributed by atoms with Crippen LogP contribution < -0.4 is 0 Å². The molecule has 0 radical (unpaired) electrons. The third-order valence-electron chi connectivity index (χ3n) is 0.771. The van der Waals surface area contributed by atoms with Crippen LogP contribution in [0.2, 0.25) is 0 Å². The lowest BCUT2D eigenvalue weighted by Crippen LogP contribution is -2.36. The zero-order valence-corrected chi connectivity index (χ0v) is 7.88. The fraction of sp³-hybridized carbons (Fsp3) is 1.00. The van der Waals surface area contributed by atoms with E-state index in [1.165, 1.54) is 0 Å². The van der Waals surface area contributed by atoms with Crippen LogP contribution in [0.5, 0.6) is 0 Å². The molecule has 0 saturated heterocycles. The van der Waals surface area contributed by atoms with E-state index < -0.39 is 5.09 Å². The molecule has 0 heterocycles. The fourth-order valence-corrected chi connectivity index (χ4v) is 0.900. The Hall–Kier alpha value is -0.490. The smallest absolute Gasteiger partial charge is 0.0869 e. The van der Waals surface area contributed by atoms with Gasteiger partial charge in [-0.05, 0) is 0 Å². The van der Waals surface area contributed by atoms with E-state index in [9.17, 15) is 0 Å². The molecular weight excluding hydrogens is 168 g/mol. The maximum absolute atomic E-state index is 8.25. The van der Waals surface area contributed by atoms with Gasteiger partial charge >= 0.3 is 0 Å². The Balaban J connectivity index is 0. The molecule has 0 aromatic carbocycles. The van der Waals surface area contributed by atoms with Crippen LogP contribution in [0.1, 0.15) is 0 Å². The van der Waals surface area contributed by atoms with Crippen LogP contribution in [0.4, 0.5) is 0 Å². The van der Waals surface area contributed by atoms with E-state index >= 15 is 0 Å². The van der Waals surface area contributed by atoms with Crippen LogP contribution in [-0.4, -0.2) is 43.0 Å². The minimum Gasteiger partial charge on any atom is -0.356 e. The molecule has 0 aliphatic carbocycles. The first kappa shape index (κ1) is 13.1. The van der Waals surface area contributed by atoms with Crippen LogP contribution in [0.25, 0.3) is 0 Å². The van der Waals surface area contributed by atoms with Crippen molar-refractivity contribution in [1.82, 2.24) is 0 Å². The largest absolute Gasteiger partial charge is 0.356 e. The minimum atomic E-state index is -1.75. The van der Waals surface area contributed by atoms with Crippen LogP contribution in [0, 0.1) is 15.3 Å². The summed E-state index contributed by atoms with van der Waals surface area (Å²) >= 11 is 4.10. The average molecular weight is 182 g/mol. The number of hydrogen-bond acceptors (Lipinski definition) is 4. The summed E-state index contributed by atoms with van der Waals surface area (Å²) in [7, 11) is 6.49. The van der Waals surface area contributed by atoms with Crippen molar-refractivity contribution in [1.29, 1.82) is 0 Å². The van der Waals surface area contributed by atoms with Gasteiger partial charge in [0.2, 0.25) is 0 Å². The van der Waals surface area contributed by atoms with E-state index in [0.717, 1.165) is 16.8 Å². The first-order valence-electron chi connectivity index (χ1n) is 3.02. The lowest BCUT2D eigenvalue weighted by molar-refractivity contribution is -0.867. The number of quaternary nitrogens is 1. The quantitative estimate of drug-likeness (QED) is 0.290. The lowest BCUT2D eigenvalue weighted by Gasteiger charge is -2.22. The highest BCUT2D eigenvalue weighted by molar-refractivity contribution is 7.80. The van der Waals surface area contributed by atoms with Crippen molar-refractivity contribution in [2.75, 3.05) is 33.4 Å². The molecule has 0 rings (SSSR count). The van der Waals surface area contributed by atoms with Crippen molar-refractivity contribution in [2.24, 2.45) is 0 Å². The second-order valence-electron chi connectivity index (χ2n) is 2.96. The Morgan fingerprint density at radius 3 is 1.64 bits per heavy atom. The molecule has 11 heavy (non-hydrogen) atoms. The normalized spacial score (nSPS) is 9.82. The fourth-order valence-electron chi connectivity index (χ4n) is 0.300. The van der Waals surface area contributed by atoms with Gasteiger partial charge in [-0.3, -0.25) is 0 Å². The summed E-state index contributed by atoms with van der Waals surface area (Å²) in [5.74, 6) is 0.976. The third-order valence-corrected chi connectivity index (χ3v) is 0.971. The summed E-state index contributed by atoms with van der Waals surface area (Å²) in [4.78, 5) is 8.25. The molecule has 0 saturated carbocycles. The van der Waals surface area contributed by atoms with Gasteiger partial charge in [0.15, 0.2) is 0 Å². The zero-order chi connectivity index (χ0) is 9.49. The van der Waals surface area contributed by atoms with Crippen LogP contribution in [0.3, 0.4) is 0 Å². The summed E-state index contributed by atoms with van der Waals surface area (Å²) in [6, 6.07) is 0. The predicted molar refractivity (Wildman–Crippen MR) is 47.1 cm³/mol.